The minimum absolute atomic E-state index is 0. The fourth-order valence-corrected chi connectivity index (χ4v) is 3.24. The zero-order valence-corrected chi connectivity index (χ0v) is 18.0. The first-order valence-electron chi connectivity index (χ1n) is 7.94. The molecule has 0 saturated heterocycles. The summed E-state index contributed by atoms with van der Waals surface area (Å²) in [5, 5.41) is 2.49. The van der Waals surface area contributed by atoms with Gasteiger partial charge >= 0.3 is 0 Å². The molecule has 1 heterocycles. The van der Waals surface area contributed by atoms with Gasteiger partial charge in [0.05, 0.1) is 0 Å². The van der Waals surface area contributed by atoms with E-state index >= 15 is 0 Å². The average molecular weight is 473 g/mol. The van der Waals surface area contributed by atoms with E-state index in [4.69, 9.17) is 39.5 Å². The lowest BCUT2D eigenvalue weighted by Crippen LogP contribution is -2.53. The van der Waals surface area contributed by atoms with Crippen molar-refractivity contribution in [1.29, 1.82) is 0 Å². The van der Waals surface area contributed by atoms with Crippen LogP contribution in [0.4, 0.5) is 0 Å². The van der Waals surface area contributed by atoms with Crippen LogP contribution >= 0.6 is 40.2 Å². The molecule has 0 radical (unpaired) electrons. The molecule has 0 atom stereocenters. The highest BCUT2D eigenvalue weighted by Gasteiger charge is 2.33. The lowest BCUT2D eigenvalue weighted by atomic mass is 10.0. The number of halogens is 3. The molecule has 4 N–H and O–H groups in total. The first-order valence-corrected chi connectivity index (χ1v) is 8.69. The van der Waals surface area contributed by atoms with Gasteiger partial charge in [0.1, 0.15) is 6.61 Å². The summed E-state index contributed by atoms with van der Waals surface area (Å²) in [6.07, 6.45) is 0. The number of hydroxylamine groups is 2. The number of aliphatic imine (C=N–C) groups is 2. The Morgan fingerprint density at radius 2 is 1.74 bits per heavy atom. The fraction of sp³-hybridized carbons (Fsp3) is 0.222. The number of benzene rings is 2. The molecule has 1 aliphatic heterocycles. The monoisotopic (exact) mass is 471 g/mol. The van der Waals surface area contributed by atoms with Crippen LogP contribution in [0.3, 0.4) is 0 Å². The Hall–Kier alpha value is -1.80. The Bertz CT molecular complexity index is 887. The van der Waals surface area contributed by atoms with Crippen molar-refractivity contribution in [2.24, 2.45) is 21.5 Å². The van der Waals surface area contributed by atoms with Crippen LogP contribution in [-0.4, -0.2) is 22.6 Å². The zero-order chi connectivity index (χ0) is 18.9. The largest absolute Gasteiger partial charge is 0.368 e. The van der Waals surface area contributed by atoms with Gasteiger partial charge in [0.25, 0.3) is 0 Å². The second-order valence-corrected chi connectivity index (χ2v) is 7.11. The molecule has 3 rings (SSSR count). The highest BCUT2D eigenvalue weighted by molar-refractivity contribution is 8.93. The minimum Gasteiger partial charge on any atom is -0.368 e. The molecule has 27 heavy (non-hydrogen) atoms. The third kappa shape index (κ3) is 4.73. The molecule has 0 unspecified atom stereocenters. The second-order valence-electron chi connectivity index (χ2n) is 6.29. The third-order valence-electron chi connectivity index (χ3n) is 3.89. The van der Waals surface area contributed by atoms with E-state index in [0.717, 1.165) is 16.7 Å². The Morgan fingerprint density at radius 3 is 2.37 bits per heavy atom. The Balaban J connectivity index is 0.00000261. The van der Waals surface area contributed by atoms with Crippen LogP contribution in [0.2, 0.25) is 10.0 Å². The SMILES string of the molecule is Br.CC1(C)N=C(N)N=C(N)N1OCc1cc(-c2ccccc2)c(Cl)cc1Cl. The van der Waals surface area contributed by atoms with Crippen molar-refractivity contribution in [1.82, 2.24) is 5.06 Å². The standard InChI is InChI=1S/C18H19Cl2N5O.BrH/c1-18(2)24-16(21)23-17(22)25(18)26-10-12-8-13(15(20)9-14(12)19)11-6-4-3-5-7-11;/h3-9H,10H2,1-2H3,(H4,21,22,23,24);1H. The Morgan fingerprint density at radius 1 is 1.07 bits per heavy atom. The van der Waals surface area contributed by atoms with E-state index in [1.54, 1.807) is 6.07 Å². The zero-order valence-electron chi connectivity index (χ0n) is 14.8. The maximum absolute atomic E-state index is 6.36. The van der Waals surface area contributed by atoms with E-state index in [0.29, 0.717) is 10.0 Å². The van der Waals surface area contributed by atoms with Crippen molar-refractivity contribution in [2.45, 2.75) is 26.1 Å². The predicted molar refractivity (Wildman–Crippen MR) is 116 cm³/mol. The molecule has 0 amide bonds. The van der Waals surface area contributed by atoms with E-state index in [1.807, 2.05) is 50.2 Å². The highest BCUT2D eigenvalue weighted by atomic mass is 79.9. The van der Waals surface area contributed by atoms with Gasteiger partial charge < -0.3 is 11.5 Å². The molecule has 0 bridgehead atoms. The lowest BCUT2D eigenvalue weighted by molar-refractivity contribution is -0.166. The smallest absolute Gasteiger partial charge is 0.226 e. The Labute approximate surface area is 178 Å². The highest BCUT2D eigenvalue weighted by Crippen LogP contribution is 2.33. The third-order valence-corrected chi connectivity index (χ3v) is 4.56. The summed E-state index contributed by atoms with van der Waals surface area (Å²) in [4.78, 5) is 14.0. The van der Waals surface area contributed by atoms with Crippen molar-refractivity contribution < 1.29 is 4.84 Å². The molecule has 9 heteroatoms. The number of nitrogens with zero attached hydrogens (tertiary/aromatic N) is 3. The number of rotatable bonds is 4. The maximum atomic E-state index is 6.36. The molecule has 144 valence electrons. The molecule has 2 aromatic carbocycles. The molecule has 1 aliphatic rings. The van der Waals surface area contributed by atoms with Crippen LogP contribution < -0.4 is 11.5 Å². The summed E-state index contributed by atoms with van der Waals surface area (Å²) in [6.45, 7) is 3.81. The lowest BCUT2D eigenvalue weighted by Gasteiger charge is -2.36. The molecule has 2 aromatic rings. The van der Waals surface area contributed by atoms with Gasteiger partial charge in [-0.1, -0.05) is 53.5 Å². The van der Waals surface area contributed by atoms with Crippen molar-refractivity contribution in [3.63, 3.8) is 0 Å². The summed E-state index contributed by atoms with van der Waals surface area (Å²) >= 11 is 12.7. The van der Waals surface area contributed by atoms with E-state index in [-0.39, 0.29) is 35.5 Å². The van der Waals surface area contributed by atoms with Crippen LogP contribution in [0.5, 0.6) is 0 Å². The first-order chi connectivity index (χ1) is 12.3. The van der Waals surface area contributed by atoms with E-state index in [2.05, 4.69) is 9.98 Å². The fourth-order valence-electron chi connectivity index (χ4n) is 2.70. The molecular formula is C18H20BrCl2N5O. The topological polar surface area (TPSA) is 89.2 Å². The van der Waals surface area contributed by atoms with E-state index < -0.39 is 5.66 Å². The van der Waals surface area contributed by atoms with Gasteiger partial charge in [-0.15, -0.1) is 17.0 Å². The Kier molecular flexibility index (Phi) is 6.75. The summed E-state index contributed by atoms with van der Waals surface area (Å²) in [6, 6.07) is 13.4. The van der Waals surface area contributed by atoms with Crippen LogP contribution in [-0.2, 0) is 11.4 Å². The van der Waals surface area contributed by atoms with Crippen LogP contribution in [0.25, 0.3) is 11.1 Å². The van der Waals surface area contributed by atoms with Crippen LogP contribution in [0.1, 0.15) is 19.4 Å². The van der Waals surface area contributed by atoms with Gasteiger partial charge in [0, 0.05) is 15.6 Å². The van der Waals surface area contributed by atoms with Gasteiger partial charge in [0.2, 0.25) is 11.9 Å². The van der Waals surface area contributed by atoms with Crippen LogP contribution in [0.15, 0.2) is 52.4 Å². The van der Waals surface area contributed by atoms with Gasteiger partial charge in [-0.05, 0) is 37.1 Å². The molecule has 0 spiro atoms. The van der Waals surface area contributed by atoms with Crippen molar-refractivity contribution in [2.75, 3.05) is 0 Å². The molecular weight excluding hydrogens is 453 g/mol. The van der Waals surface area contributed by atoms with Crippen molar-refractivity contribution >= 4 is 52.1 Å². The van der Waals surface area contributed by atoms with Gasteiger partial charge in [-0.25, -0.2) is 4.99 Å². The summed E-state index contributed by atoms with van der Waals surface area (Å²) in [5.41, 5.74) is 13.4. The first kappa shape index (κ1) is 21.5. The minimum atomic E-state index is -0.781. The summed E-state index contributed by atoms with van der Waals surface area (Å²) < 4.78 is 0. The normalized spacial score (nSPS) is 15.6. The average Bonchev–Trinajstić information content (AvgIpc) is 2.55. The quantitative estimate of drug-likeness (QED) is 0.692. The number of hydrogen-bond donors (Lipinski definition) is 2. The summed E-state index contributed by atoms with van der Waals surface area (Å²) in [7, 11) is 0. The number of guanidine groups is 2. The van der Waals surface area contributed by atoms with Gasteiger partial charge in [-0.2, -0.15) is 10.1 Å². The van der Waals surface area contributed by atoms with Crippen molar-refractivity contribution in [3.05, 3.63) is 58.1 Å². The molecule has 6 nitrogen and oxygen atoms in total. The van der Waals surface area contributed by atoms with E-state index in [9.17, 15) is 0 Å². The van der Waals surface area contributed by atoms with Crippen LogP contribution in [0, 0.1) is 0 Å². The molecule has 0 aromatic heterocycles. The maximum Gasteiger partial charge on any atom is 0.226 e. The second kappa shape index (κ2) is 8.48. The number of nitrogens with two attached hydrogens (primary N) is 2. The molecule has 0 aliphatic carbocycles. The van der Waals surface area contributed by atoms with Gasteiger partial charge in [-0.3, -0.25) is 4.84 Å². The molecule has 0 saturated carbocycles. The van der Waals surface area contributed by atoms with E-state index in [1.165, 1.54) is 5.06 Å². The van der Waals surface area contributed by atoms with Crippen molar-refractivity contribution in [3.8, 4) is 11.1 Å². The molecule has 0 fully saturated rings. The predicted octanol–water partition coefficient (Wildman–Crippen LogP) is 4.35. The van der Waals surface area contributed by atoms with Gasteiger partial charge in [0.15, 0.2) is 5.66 Å². The summed E-state index contributed by atoms with van der Waals surface area (Å²) in [5.74, 6) is 0.249. The number of hydrogen-bond acceptors (Lipinski definition) is 6.